The predicted molar refractivity (Wildman–Crippen MR) is 133 cm³/mol. The number of amides is 1. The molecule has 8 heteroatoms. The van der Waals surface area contributed by atoms with Crippen LogP contribution < -0.4 is 9.80 Å². The SMILES string of the molecule is C=C(C)OC(=O)N1CCC(c2ncnc3cc(N4CCN(c5ccncc5)CC4)ccc23)CC1. The molecule has 2 aliphatic rings. The monoisotopic (exact) mass is 458 g/mol. The minimum absolute atomic E-state index is 0.300. The average Bonchev–Trinajstić information content (AvgIpc) is 2.88. The van der Waals surface area contributed by atoms with Crippen molar-refractivity contribution in [3.8, 4) is 0 Å². The number of fused-ring (bicyclic) bond motifs is 1. The fourth-order valence-electron chi connectivity index (χ4n) is 4.92. The molecule has 0 aliphatic carbocycles. The van der Waals surface area contributed by atoms with Crippen molar-refractivity contribution in [3.05, 3.63) is 67.1 Å². The van der Waals surface area contributed by atoms with Gasteiger partial charge in [0.05, 0.1) is 17.0 Å². The van der Waals surface area contributed by atoms with Gasteiger partial charge >= 0.3 is 6.09 Å². The number of carbonyl (C=O) groups excluding carboxylic acids is 1. The van der Waals surface area contributed by atoms with Gasteiger partial charge in [0, 0.05) is 74.3 Å². The number of ether oxygens (including phenoxy) is 1. The van der Waals surface area contributed by atoms with Gasteiger partial charge in [0.15, 0.2) is 0 Å². The maximum atomic E-state index is 12.2. The fraction of sp³-hybridized carbons (Fsp3) is 0.385. The second-order valence-corrected chi connectivity index (χ2v) is 8.97. The zero-order valence-corrected chi connectivity index (χ0v) is 19.6. The molecule has 0 atom stereocenters. The number of piperazine rings is 1. The second kappa shape index (κ2) is 9.67. The minimum Gasteiger partial charge on any atom is -0.416 e. The Hall–Kier alpha value is -3.68. The topological polar surface area (TPSA) is 74.7 Å². The average molecular weight is 459 g/mol. The van der Waals surface area contributed by atoms with E-state index in [4.69, 9.17) is 4.74 Å². The first-order valence-electron chi connectivity index (χ1n) is 11.9. The third-order valence-corrected chi connectivity index (χ3v) is 6.72. The molecule has 2 saturated heterocycles. The maximum Gasteiger partial charge on any atom is 0.414 e. The van der Waals surface area contributed by atoms with Crippen LogP contribution in [-0.2, 0) is 4.74 Å². The van der Waals surface area contributed by atoms with Gasteiger partial charge in [-0.05, 0) is 50.1 Å². The number of hydrogen-bond donors (Lipinski definition) is 0. The van der Waals surface area contributed by atoms with Crippen LogP contribution >= 0.6 is 0 Å². The van der Waals surface area contributed by atoms with Crippen molar-refractivity contribution in [1.29, 1.82) is 0 Å². The summed E-state index contributed by atoms with van der Waals surface area (Å²) < 4.78 is 5.16. The molecule has 34 heavy (non-hydrogen) atoms. The lowest BCUT2D eigenvalue weighted by atomic mass is 9.91. The number of piperidine rings is 1. The summed E-state index contributed by atoms with van der Waals surface area (Å²) in [5, 5.41) is 1.10. The number of carbonyl (C=O) groups is 1. The van der Waals surface area contributed by atoms with Gasteiger partial charge in [-0.3, -0.25) is 4.98 Å². The molecule has 1 aromatic carbocycles. The van der Waals surface area contributed by atoms with Crippen LogP contribution in [0.1, 0.15) is 31.4 Å². The summed E-state index contributed by atoms with van der Waals surface area (Å²) >= 11 is 0. The molecule has 0 N–H and O–H groups in total. The highest BCUT2D eigenvalue weighted by molar-refractivity contribution is 5.84. The van der Waals surface area contributed by atoms with Crippen LogP contribution in [0.4, 0.5) is 16.2 Å². The molecule has 1 amide bonds. The van der Waals surface area contributed by atoms with E-state index < -0.39 is 0 Å². The van der Waals surface area contributed by atoms with E-state index in [2.05, 4.69) is 61.7 Å². The van der Waals surface area contributed by atoms with E-state index in [-0.39, 0.29) is 6.09 Å². The molecule has 2 aliphatic heterocycles. The Morgan fingerprint density at radius 1 is 0.941 bits per heavy atom. The second-order valence-electron chi connectivity index (χ2n) is 8.97. The Labute approximate surface area is 199 Å². The molecule has 2 aromatic heterocycles. The molecule has 176 valence electrons. The highest BCUT2D eigenvalue weighted by Crippen LogP contribution is 2.33. The van der Waals surface area contributed by atoms with Crippen molar-refractivity contribution in [3.63, 3.8) is 0 Å². The first kappa shape index (κ1) is 22.1. The lowest BCUT2D eigenvalue weighted by molar-refractivity contribution is 0.117. The van der Waals surface area contributed by atoms with Crippen LogP contribution in [0, 0.1) is 0 Å². The van der Waals surface area contributed by atoms with E-state index in [1.807, 2.05) is 12.4 Å². The Morgan fingerprint density at radius 3 is 2.29 bits per heavy atom. The summed E-state index contributed by atoms with van der Waals surface area (Å²) in [5.74, 6) is 0.720. The van der Waals surface area contributed by atoms with Crippen LogP contribution in [0.25, 0.3) is 10.9 Å². The molecular formula is C26H30N6O2. The number of aromatic nitrogens is 3. The summed E-state index contributed by atoms with van der Waals surface area (Å²) in [4.78, 5) is 32.1. The van der Waals surface area contributed by atoms with Crippen LogP contribution in [0.3, 0.4) is 0 Å². The summed E-state index contributed by atoms with van der Waals surface area (Å²) in [6.07, 6.45) is 6.77. The van der Waals surface area contributed by atoms with Crippen molar-refractivity contribution in [2.45, 2.75) is 25.7 Å². The van der Waals surface area contributed by atoms with Crippen molar-refractivity contribution < 1.29 is 9.53 Å². The van der Waals surface area contributed by atoms with Gasteiger partial charge in [-0.25, -0.2) is 14.8 Å². The third kappa shape index (κ3) is 4.66. The Morgan fingerprint density at radius 2 is 1.62 bits per heavy atom. The van der Waals surface area contributed by atoms with Gasteiger partial charge in [-0.15, -0.1) is 0 Å². The van der Waals surface area contributed by atoms with Gasteiger partial charge < -0.3 is 19.4 Å². The Balaban J connectivity index is 1.26. The molecule has 2 fully saturated rings. The largest absolute Gasteiger partial charge is 0.416 e. The molecule has 0 unspecified atom stereocenters. The summed E-state index contributed by atoms with van der Waals surface area (Å²) in [5.41, 5.74) is 4.48. The zero-order valence-electron chi connectivity index (χ0n) is 19.6. The van der Waals surface area contributed by atoms with E-state index in [1.165, 1.54) is 11.4 Å². The van der Waals surface area contributed by atoms with Crippen LogP contribution in [0.5, 0.6) is 0 Å². The number of anilines is 2. The number of allylic oxidation sites excluding steroid dienone is 1. The van der Waals surface area contributed by atoms with Crippen molar-refractivity contribution in [2.24, 2.45) is 0 Å². The number of rotatable bonds is 4. The van der Waals surface area contributed by atoms with Gasteiger partial charge in [-0.1, -0.05) is 6.58 Å². The molecule has 0 bridgehead atoms. The highest BCUT2D eigenvalue weighted by atomic mass is 16.6. The highest BCUT2D eigenvalue weighted by Gasteiger charge is 2.27. The molecule has 3 aromatic rings. The number of likely N-dealkylation sites (tertiary alicyclic amines) is 1. The van der Waals surface area contributed by atoms with Crippen molar-refractivity contribution in [1.82, 2.24) is 19.9 Å². The first-order valence-corrected chi connectivity index (χ1v) is 11.9. The molecule has 0 saturated carbocycles. The lowest BCUT2D eigenvalue weighted by Crippen LogP contribution is -2.46. The molecule has 5 rings (SSSR count). The van der Waals surface area contributed by atoms with E-state index in [9.17, 15) is 4.79 Å². The van der Waals surface area contributed by atoms with Crippen molar-refractivity contribution in [2.75, 3.05) is 49.1 Å². The Bertz CT molecular complexity index is 1170. The van der Waals surface area contributed by atoms with E-state index in [0.717, 1.165) is 55.6 Å². The van der Waals surface area contributed by atoms with E-state index in [1.54, 1.807) is 18.2 Å². The molecule has 4 heterocycles. The zero-order chi connectivity index (χ0) is 23.5. The third-order valence-electron chi connectivity index (χ3n) is 6.72. The summed E-state index contributed by atoms with van der Waals surface area (Å²) in [6, 6.07) is 10.7. The molecule has 0 spiro atoms. The molecule has 0 radical (unpaired) electrons. The smallest absolute Gasteiger partial charge is 0.414 e. The van der Waals surface area contributed by atoms with E-state index in [0.29, 0.717) is 24.8 Å². The lowest BCUT2D eigenvalue weighted by Gasteiger charge is -2.37. The first-order chi connectivity index (χ1) is 16.6. The van der Waals surface area contributed by atoms with E-state index >= 15 is 0 Å². The predicted octanol–water partition coefficient (Wildman–Crippen LogP) is 4.20. The van der Waals surface area contributed by atoms with Crippen molar-refractivity contribution >= 4 is 28.4 Å². The summed E-state index contributed by atoms with van der Waals surface area (Å²) in [6.45, 7) is 10.5. The molecular weight excluding hydrogens is 428 g/mol. The Kier molecular flexibility index (Phi) is 6.29. The standard InChI is InChI=1S/C26H30N6O2/c1-19(2)34-26(33)32-11-7-20(8-12-32)25-23-4-3-22(17-24(23)28-18-29-25)31-15-13-30(14-16-31)21-5-9-27-10-6-21/h3-6,9-10,17-18,20H,1,7-8,11-16H2,2H3. The molecule has 8 nitrogen and oxygen atoms in total. The van der Waals surface area contributed by atoms with Crippen LogP contribution in [0.15, 0.2) is 61.4 Å². The van der Waals surface area contributed by atoms with Crippen LogP contribution in [-0.4, -0.2) is 65.2 Å². The normalized spacial score (nSPS) is 17.1. The number of nitrogens with zero attached hydrogens (tertiary/aromatic N) is 6. The summed E-state index contributed by atoms with van der Waals surface area (Å²) in [7, 11) is 0. The van der Waals surface area contributed by atoms with Gasteiger partial charge in [-0.2, -0.15) is 0 Å². The van der Waals surface area contributed by atoms with Gasteiger partial charge in [0.1, 0.15) is 6.33 Å². The van der Waals surface area contributed by atoms with Gasteiger partial charge in [0.2, 0.25) is 0 Å². The van der Waals surface area contributed by atoms with Crippen LogP contribution in [0.2, 0.25) is 0 Å². The minimum atomic E-state index is -0.313. The maximum absolute atomic E-state index is 12.2. The van der Waals surface area contributed by atoms with Gasteiger partial charge in [0.25, 0.3) is 0 Å². The quantitative estimate of drug-likeness (QED) is 0.543. The fourth-order valence-corrected chi connectivity index (χ4v) is 4.92. The number of hydrogen-bond acceptors (Lipinski definition) is 7. The number of benzene rings is 1. The number of pyridine rings is 1.